The molecule has 2 aromatic carbocycles. The van der Waals surface area contributed by atoms with Gasteiger partial charge in [0.15, 0.2) is 11.5 Å². The van der Waals surface area contributed by atoms with Crippen molar-refractivity contribution >= 4 is 0 Å². The molecule has 160 valence electrons. The first kappa shape index (κ1) is 23.2. The molecule has 0 aromatic heterocycles. The molecular formula is C24H36N2O3. The normalized spacial score (nSPS) is 13.3. The molecule has 0 heterocycles. The van der Waals surface area contributed by atoms with Gasteiger partial charge >= 0.3 is 0 Å². The van der Waals surface area contributed by atoms with E-state index >= 15 is 0 Å². The van der Waals surface area contributed by atoms with Crippen molar-refractivity contribution in [3.63, 3.8) is 0 Å². The second-order valence-corrected chi connectivity index (χ2v) is 7.70. The zero-order chi connectivity index (χ0) is 21.1. The third kappa shape index (κ3) is 7.69. The molecule has 0 radical (unpaired) electrons. The Morgan fingerprint density at radius 1 is 1.07 bits per heavy atom. The highest BCUT2D eigenvalue weighted by atomic mass is 16.5. The van der Waals surface area contributed by atoms with Crippen molar-refractivity contribution in [2.24, 2.45) is 5.92 Å². The van der Waals surface area contributed by atoms with Gasteiger partial charge in [0.1, 0.15) is 0 Å². The fourth-order valence-electron chi connectivity index (χ4n) is 3.34. The summed E-state index contributed by atoms with van der Waals surface area (Å²) in [6, 6.07) is 15.9. The average Bonchev–Trinajstić information content (AvgIpc) is 2.73. The minimum atomic E-state index is -0.505. The molecule has 0 aliphatic carbocycles. The van der Waals surface area contributed by atoms with E-state index in [-0.39, 0.29) is 5.92 Å². The fraction of sp³-hybridized carbons (Fsp3) is 0.500. The number of benzene rings is 2. The molecule has 0 aliphatic rings. The number of rotatable bonds is 13. The molecule has 2 N–H and O–H groups in total. The van der Waals surface area contributed by atoms with Crippen LogP contribution in [-0.4, -0.2) is 50.9 Å². The highest BCUT2D eigenvalue weighted by Crippen LogP contribution is 2.28. The Balaban J connectivity index is 1.98. The van der Waals surface area contributed by atoms with Gasteiger partial charge in [0.05, 0.1) is 19.8 Å². The van der Waals surface area contributed by atoms with Crippen LogP contribution in [0.2, 0.25) is 0 Å². The quantitative estimate of drug-likeness (QED) is 0.500. The summed E-state index contributed by atoms with van der Waals surface area (Å²) < 4.78 is 11.3. The van der Waals surface area contributed by atoms with E-state index < -0.39 is 6.10 Å². The standard InChI is InChI=1S/C24H36N2O3/c1-5-6-14-29-23-15-19(12-13-22(23)28-4)16-25-17-21(18-26(2)3)24(27)20-10-8-7-9-11-20/h7-13,15,21,24-25,27H,5-6,14,16-18H2,1-4H3/t21-,24+/m0/s1. The molecule has 0 fully saturated rings. The fourth-order valence-corrected chi connectivity index (χ4v) is 3.34. The minimum Gasteiger partial charge on any atom is -0.493 e. The lowest BCUT2D eigenvalue weighted by Gasteiger charge is -2.26. The second kappa shape index (κ2) is 12.5. The lowest BCUT2D eigenvalue weighted by Crippen LogP contribution is -2.34. The highest BCUT2D eigenvalue weighted by Gasteiger charge is 2.21. The maximum absolute atomic E-state index is 10.9. The van der Waals surface area contributed by atoms with Crippen LogP contribution in [0.3, 0.4) is 0 Å². The molecule has 0 bridgehead atoms. The van der Waals surface area contributed by atoms with E-state index in [2.05, 4.69) is 17.1 Å². The first-order valence-corrected chi connectivity index (χ1v) is 10.4. The summed E-state index contributed by atoms with van der Waals surface area (Å²) in [6.45, 7) is 5.07. The Morgan fingerprint density at radius 3 is 2.48 bits per heavy atom. The highest BCUT2D eigenvalue weighted by molar-refractivity contribution is 5.43. The molecule has 0 unspecified atom stereocenters. The van der Waals surface area contributed by atoms with E-state index in [1.165, 1.54) is 0 Å². The van der Waals surface area contributed by atoms with Gasteiger partial charge in [0, 0.05) is 25.6 Å². The summed E-state index contributed by atoms with van der Waals surface area (Å²) in [4.78, 5) is 2.12. The third-order valence-electron chi connectivity index (χ3n) is 4.91. The van der Waals surface area contributed by atoms with Crippen LogP contribution in [0.4, 0.5) is 0 Å². The molecule has 5 nitrogen and oxygen atoms in total. The van der Waals surface area contributed by atoms with Gasteiger partial charge in [-0.2, -0.15) is 0 Å². The van der Waals surface area contributed by atoms with Crippen molar-refractivity contribution in [3.8, 4) is 11.5 Å². The lowest BCUT2D eigenvalue weighted by molar-refractivity contribution is 0.0894. The van der Waals surface area contributed by atoms with E-state index in [1.807, 2.05) is 62.6 Å². The van der Waals surface area contributed by atoms with Gasteiger partial charge in [0.2, 0.25) is 0 Å². The Bertz CT molecular complexity index is 707. The Morgan fingerprint density at radius 2 is 1.83 bits per heavy atom. The van der Waals surface area contributed by atoms with E-state index in [9.17, 15) is 5.11 Å². The van der Waals surface area contributed by atoms with Crippen molar-refractivity contribution in [3.05, 3.63) is 59.7 Å². The van der Waals surface area contributed by atoms with Gasteiger partial charge in [-0.1, -0.05) is 49.7 Å². The second-order valence-electron chi connectivity index (χ2n) is 7.70. The third-order valence-corrected chi connectivity index (χ3v) is 4.91. The average molecular weight is 401 g/mol. The predicted octanol–water partition coefficient (Wildman–Crippen LogP) is 3.88. The summed E-state index contributed by atoms with van der Waals surface area (Å²) >= 11 is 0. The molecule has 0 saturated heterocycles. The van der Waals surface area contributed by atoms with Gasteiger partial charge < -0.3 is 24.8 Å². The molecular weight excluding hydrogens is 364 g/mol. The number of aliphatic hydroxyl groups is 1. The molecule has 0 saturated carbocycles. The smallest absolute Gasteiger partial charge is 0.161 e. The first-order valence-electron chi connectivity index (χ1n) is 10.4. The van der Waals surface area contributed by atoms with Crippen LogP contribution in [0.25, 0.3) is 0 Å². The van der Waals surface area contributed by atoms with Crippen LogP contribution < -0.4 is 14.8 Å². The SMILES string of the molecule is CCCCOc1cc(CNC[C@@H](CN(C)C)[C@H](O)c2ccccc2)ccc1OC. The van der Waals surface area contributed by atoms with Crippen molar-refractivity contribution in [2.75, 3.05) is 40.9 Å². The predicted molar refractivity (Wildman–Crippen MR) is 119 cm³/mol. The number of nitrogens with one attached hydrogen (secondary N) is 1. The van der Waals surface area contributed by atoms with Crippen LogP contribution in [-0.2, 0) is 6.54 Å². The summed E-state index contributed by atoms with van der Waals surface area (Å²) in [5.41, 5.74) is 2.09. The molecule has 0 spiro atoms. The van der Waals surface area contributed by atoms with Crippen molar-refractivity contribution in [2.45, 2.75) is 32.4 Å². The Hall–Kier alpha value is -2.08. The minimum absolute atomic E-state index is 0.0888. The summed E-state index contributed by atoms with van der Waals surface area (Å²) in [6.07, 6.45) is 1.62. The summed E-state index contributed by atoms with van der Waals surface area (Å²) in [5, 5.41) is 14.4. The van der Waals surface area contributed by atoms with Gasteiger partial charge in [0.25, 0.3) is 0 Å². The first-order chi connectivity index (χ1) is 14.0. The molecule has 5 heteroatoms. The summed E-state index contributed by atoms with van der Waals surface area (Å²) in [7, 11) is 5.74. The van der Waals surface area contributed by atoms with Gasteiger partial charge in [-0.25, -0.2) is 0 Å². The Labute approximate surface area is 175 Å². The number of ether oxygens (including phenoxy) is 2. The van der Waals surface area contributed by atoms with Crippen molar-refractivity contribution < 1.29 is 14.6 Å². The van der Waals surface area contributed by atoms with Crippen LogP contribution in [0.1, 0.15) is 37.0 Å². The molecule has 2 atom stereocenters. The van der Waals surface area contributed by atoms with Crippen molar-refractivity contribution in [1.29, 1.82) is 0 Å². The number of hydrogen-bond donors (Lipinski definition) is 2. The van der Waals surface area contributed by atoms with Crippen LogP contribution >= 0.6 is 0 Å². The van der Waals surface area contributed by atoms with Crippen LogP contribution in [0.5, 0.6) is 11.5 Å². The maximum Gasteiger partial charge on any atom is 0.161 e. The van der Waals surface area contributed by atoms with Crippen LogP contribution in [0.15, 0.2) is 48.5 Å². The molecule has 29 heavy (non-hydrogen) atoms. The lowest BCUT2D eigenvalue weighted by atomic mass is 9.95. The maximum atomic E-state index is 10.9. The molecule has 0 amide bonds. The number of unbranched alkanes of at least 4 members (excludes halogenated alkanes) is 1. The van der Waals surface area contributed by atoms with E-state index in [1.54, 1.807) is 7.11 Å². The van der Waals surface area contributed by atoms with Gasteiger partial charge in [-0.3, -0.25) is 0 Å². The van der Waals surface area contributed by atoms with Crippen molar-refractivity contribution in [1.82, 2.24) is 10.2 Å². The van der Waals surface area contributed by atoms with E-state index in [0.717, 1.165) is 42.0 Å². The number of nitrogens with zero attached hydrogens (tertiary/aromatic N) is 1. The van der Waals surface area contributed by atoms with Gasteiger partial charge in [-0.15, -0.1) is 0 Å². The largest absolute Gasteiger partial charge is 0.493 e. The molecule has 2 aromatic rings. The zero-order valence-corrected chi connectivity index (χ0v) is 18.2. The molecule has 2 rings (SSSR count). The van der Waals surface area contributed by atoms with Gasteiger partial charge in [-0.05, 0) is 43.8 Å². The molecule has 0 aliphatic heterocycles. The van der Waals surface area contributed by atoms with Crippen LogP contribution in [0, 0.1) is 5.92 Å². The number of hydrogen-bond acceptors (Lipinski definition) is 5. The Kier molecular flexibility index (Phi) is 9.98. The number of methoxy groups -OCH3 is 1. The topological polar surface area (TPSA) is 54.0 Å². The van der Waals surface area contributed by atoms with E-state index in [0.29, 0.717) is 19.7 Å². The number of aliphatic hydroxyl groups excluding tert-OH is 1. The monoisotopic (exact) mass is 400 g/mol. The zero-order valence-electron chi connectivity index (χ0n) is 18.2. The summed E-state index contributed by atoms with van der Waals surface area (Å²) in [5.74, 6) is 1.63. The van der Waals surface area contributed by atoms with E-state index in [4.69, 9.17) is 9.47 Å².